The molecule has 0 aliphatic heterocycles. The lowest BCUT2D eigenvalue weighted by Crippen LogP contribution is -2.34. The summed E-state index contributed by atoms with van der Waals surface area (Å²) in [6, 6.07) is 7.42. The number of benzene rings is 1. The average molecular weight is 396 g/mol. The van der Waals surface area contributed by atoms with Crippen LogP contribution in [-0.4, -0.2) is 22.5 Å². The zero-order valence-electron chi connectivity index (χ0n) is 15.1. The van der Waals surface area contributed by atoms with E-state index < -0.39 is 35.8 Å². The van der Waals surface area contributed by atoms with Gasteiger partial charge >= 0.3 is 12.2 Å². The van der Waals surface area contributed by atoms with Crippen LogP contribution in [0.15, 0.2) is 47.4 Å². The maximum Gasteiger partial charge on any atom is 0.421 e. The van der Waals surface area contributed by atoms with Crippen LogP contribution in [0.5, 0.6) is 0 Å². The molecule has 28 heavy (non-hydrogen) atoms. The molecular weight excluding hydrogens is 377 g/mol. The lowest BCUT2D eigenvalue weighted by Gasteiger charge is -2.15. The summed E-state index contributed by atoms with van der Waals surface area (Å²) >= 11 is 0. The second-order valence-corrected chi connectivity index (χ2v) is 6.20. The van der Waals surface area contributed by atoms with E-state index in [9.17, 15) is 27.6 Å². The molecule has 1 aromatic carbocycles. The summed E-state index contributed by atoms with van der Waals surface area (Å²) in [7, 11) is 0. The highest BCUT2D eigenvalue weighted by molar-refractivity contribution is 5.98. The Hall–Kier alpha value is -3.30. The van der Waals surface area contributed by atoms with Crippen LogP contribution in [0.4, 0.5) is 29.3 Å². The summed E-state index contributed by atoms with van der Waals surface area (Å²) in [5.74, 6) is -0.722. The number of aromatic nitrogens is 1. The zero-order valence-corrected chi connectivity index (χ0v) is 15.1. The Balaban J connectivity index is 2.15. The molecule has 2 aromatic rings. The number of amides is 3. The normalized spacial score (nSPS) is 11.2. The second kappa shape index (κ2) is 8.59. The van der Waals surface area contributed by atoms with Crippen molar-refractivity contribution in [3.05, 3.63) is 58.5 Å². The first-order valence-corrected chi connectivity index (χ1v) is 8.31. The number of nitrogens with zero attached hydrogens (tertiary/aromatic N) is 1. The molecule has 0 radical (unpaired) electrons. The van der Waals surface area contributed by atoms with Crippen molar-refractivity contribution in [2.45, 2.75) is 32.6 Å². The molecule has 0 aliphatic rings. The Bertz CT molecular complexity index is 923. The highest BCUT2D eigenvalue weighted by atomic mass is 19.4. The standard InChI is InChI=1S/C18H19F3N4O3/c1-11(2)22-17(28)24-14-8-4-3-7-13(14)23-15(26)10-25-9-5-6-12(16(25)27)18(19,20)21/h3-9,11H,10H2,1-2H3,(H,23,26)(H2,22,24,28). The number of halogens is 3. The number of para-hydroxylation sites is 2. The largest absolute Gasteiger partial charge is 0.421 e. The minimum Gasteiger partial charge on any atom is -0.336 e. The lowest BCUT2D eigenvalue weighted by atomic mass is 10.2. The zero-order chi connectivity index (χ0) is 20.9. The second-order valence-electron chi connectivity index (χ2n) is 6.20. The number of nitrogens with one attached hydrogen (secondary N) is 3. The fraction of sp³-hybridized carbons (Fsp3) is 0.278. The smallest absolute Gasteiger partial charge is 0.336 e. The minimum absolute atomic E-state index is 0.102. The topological polar surface area (TPSA) is 92.2 Å². The maximum atomic E-state index is 12.8. The molecule has 3 N–H and O–H groups in total. The van der Waals surface area contributed by atoms with Gasteiger partial charge in [0.15, 0.2) is 0 Å². The summed E-state index contributed by atoms with van der Waals surface area (Å²) in [6.07, 6.45) is -3.71. The Kier molecular flexibility index (Phi) is 6.45. The van der Waals surface area contributed by atoms with Gasteiger partial charge in [-0.05, 0) is 38.1 Å². The molecule has 0 aliphatic carbocycles. The number of pyridine rings is 1. The molecule has 3 amide bonds. The number of rotatable bonds is 5. The Morgan fingerprint density at radius 1 is 1.04 bits per heavy atom. The van der Waals surface area contributed by atoms with E-state index in [0.29, 0.717) is 16.3 Å². The molecular formula is C18H19F3N4O3. The Labute approximate surface area is 158 Å². The van der Waals surface area contributed by atoms with Crippen molar-refractivity contribution in [1.82, 2.24) is 9.88 Å². The third-order valence-electron chi connectivity index (χ3n) is 3.51. The van der Waals surface area contributed by atoms with Crippen LogP contribution in [0, 0.1) is 0 Å². The van der Waals surface area contributed by atoms with E-state index in [0.717, 1.165) is 12.3 Å². The Morgan fingerprint density at radius 3 is 2.21 bits per heavy atom. The van der Waals surface area contributed by atoms with E-state index in [-0.39, 0.29) is 11.7 Å². The van der Waals surface area contributed by atoms with Crippen LogP contribution < -0.4 is 21.5 Å². The Morgan fingerprint density at radius 2 is 1.64 bits per heavy atom. The van der Waals surface area contributed by atoms with Crippen LogP contribution in [0.3, 0.4) is 0 Å². The molecule has 0 saturated carbocycles. The van der Waals surface area contributed by atoms with Crippen molar-refractivity contribution in [3.63, 3.8) is 0 Å². The van der Waals surface area contributed by atoms with Gasteiger partial charge < -0.3 is 20.5 Å². The van der Waals surface area contributed by atoms with Crippen molar-refractivity contribution in [2.75, 3.05) is 10.6 Å². The molecule has 0 fully saturated rings. The van der Waals surface area contributed by atoms with Crippen molar-refractivity contribution in [2.24, 2.45) is 0 Å². The number of hydrogen-bond donors (Lipinski definition) is 3. The van der Waals surface area contributed by atoms with Crippen molar-refractivity contribution in [3.8, 4) is 0 Å². The molecule has 1 heterocycles. The summed E-state index contributed by atoms with van der Waals surface area (Å²) in [4.78, 5) is 36.0. The maximum absolute atomic E-state index is 12.8. The summed E-state index contributed by atoms with van der Waals surface area (Å²) < 4.78 is 39.1. The molecule has 7 nitrogen and oxygen atoms in total. The summed E-state index contributed by atoms with van der Waals surface area (Å²) in [5.41, 5.74) is -2.13. The first kappa shape index (κ1) is 21.0. The molecule has 0 unspecified atom stereocenters. The average Bonchev–Trinajstić information content (AvgIpc) is 2.56. The number of carbonyl (C=O) groups is 2. The number of anilines is 2. The summed E-state index contributed by atoms with van der Waals surface area (Å²) in [5, 5.41) is 7.67. The predicted molar refractivity (Wildman–Crippen MR) is 98.1 cm³/mol. The van der Waals surface area contributed by atoms with E-state index in [1.807, 2.05) is 0 Å². The number of hydrogen-bond acceptors (Lipinski definition) is 3. The van der Waals surface area contributed by atoms with E-state index in [1.54, 1.807) is 32.0 Å². The molecule has 0 atom stereocenters. The van der Waals surface area contributed by atoms with Gasteiger partial charge in [0.05, 0.1) is 11.4 Å². The quantitative estimate of drug-likeness (QED) is 0.725. The van der Waals surface area contributed by atoms with Crippen molar-refractivity contribution in [1.29, 1.82) is 0 Å². The monoisotopic (exact) mass is 396 g/mol. The molecule has 150 valence electrons. The fourth-order valence-electron chi connectivity index (χ4n) is 2.34. The van der Waals surface area contributed by atoms with Gasteiger partial charge in [-0.15, -0.1) is 0 Å². The van der Waals surface area contributed by atoms with E-state index in [1.165, 1.54) is 6.07 Å². The SMILES string of the molecule is CC(C)NC(=O)Nc1ccccc1NC(=O)Cn1cccc(C(F)(F)F)c1=O. The molecule has 0 bridgehead atoms. The van der Waals surface area contributed by atoms with Crippen LogP contribution >= 0.6 is 0 Å². The van der Waals surface area contributed by atoms with Crippen molar-refractivity contribution >= 4 is 23.3 Å². The number of urea groups is 1. The first-order valence-electron chi connectivity index (χ1n) is 8.31. The van der Waals surface area contributed by atoms with Gasteiger partial charge in [0.2, 0.25) is 5.91 Å². The highest BCUT2D eigenvalue weighted by Crippen LogP contribution is 2.26. The van der Waals surface area contributed by atoms with Gasteiger partial charge in [0.25, 0.3) is 5.56 Å². The van der Waals surface area contributed by atoms with Gasteiger partial charge in [-0.25, -0.2) is 4.79 Å². The first-order chi connectivity index (χ1) is 13.1. The van der Waals surface area contributed by atoms with Gasteiger partial charge in [0.1, 0.15) is 12.1 Å². The highest BCUT2D eigenvalue weighted by Gasteiger charge is 2.34. The lowest BCUT2D eigenvalue weighted by molar-refractivity contribution is -0.139. The molecule has 1 aromatic heterocycles. The van der Waals surface area contributed by atoms with Gasteiger partial charge in [-0.2, -0.15) is 13.2 Å². The number of carbonyl (C=O) groups excluding carboxylic acids is 2. The van der Waals surface area contributed by atoms with E-state index in [2.05, 4.69) is 16.0 Å². The molecule has 0 saturated heterocycles. The molecule has 10 heteroatoms. The van der Waals surface area contributed by atoms with Gasteiger partial charge in [-0.1, -0.05) is 12.1 Å². The summed E-state index contributed by atoms with van der Waals surface area (Å²) in [6.45, 7) is 2.94. The fourth-order valence-corrected chi connectivity index (χ4v) is 2.34. The van der Waals surface area contributed by atoms with Crippen LogP contribution in [-0.2, 0) is 17.5 Å². The predicted octanol–water partition coefficient (Wildman–Crippen LogP) is 3.04. The number of alkyl halides is 3. The third-order valence-corrected chi connectivity index (χ3v) is 3.51. The molecule has 2 rings (SSSR count). The van der Waals surface area contributed by atoms with Crippen molar-refractivity contribution < 1.29 is 22.8 Å². The van der Waals surface area contributed by atoms with Gasteiger partial charge in [0, 0.05) is 12.2 Å². The third kappa shape index (κ3) is 5.60. The van der Waals surface area contributed by atoms with E-state index >= 15 is 0 Å². The minimum atomic E-state index is -4.81. The van der Waals surface area contributed by atoms with Gasteiger partial charge in [-0.3, -0.25) is 9.59 Å². The van der Waals surface area contributed by atoms with Crippen LogP contribution in [0.25, 0.3) is 0 Å². The van der Waals surface area contributed by atoms with Crippen LogP contribution in [0.2, 0.25) is 0 Å². The van der Waals surface area contributed by atoms with E-state index in [4.69, 9.17) is 0 Å². The molecule has 0 spiro atoms. The van der Waals surface area contributed by atoms with Crippen LogP contribution in [0.1, 0.15) is 19.4 Å².